The van der Waals surface area contributed by atoms with Crippen LogP contribution in [0.5, 0.6) is 11.5 Å². The number of methoxy groups -OCH3 is 2. The number of H-pyrrole nitrogens is 1. The zero-order valence-electron chi connectivity index (χ0n) is 48.8. The van der Waals surface area contributed by atoms with Gasteiger partial charge in [-0.25, -0.2) is 9.65 Å². The maximum absolute atomic E-state index is 14.6. The SMILES string of the molecule is COc1ccc(C(OC[C@H]2O[C@@H](n3cnc4c(=O)[nH]c(NC(=O)c5ccccc5CO[Si](c5ccccc5)(c5ccccc5)C(C)(C)C)nc43)C[C@@H]2OP(OCCS(C)=O)N(C(C)C)C(C)C)(c2ccccc2)c2ccc(OC)cc2)cc1. The van der Waals surface area contributed by atoms with Crippen LogP contribution in [0.4, 0.5) is 5.95 Å². The molecule has 9 rings (SSSR count). The van der Waals surface area contributed by atoms with Crippen LogP contribution in [0, 0.1) is 0 Å². The molecule has 6 aromatic carbocycles. The number of benzene rings is 6. The molecule has 0 saturated carbocycles. The molecule has 3 heterocycles. The predicted molar refractivity (Wildman–Crippen MR) is 331 cm³/mol. The van der Waals surface area contributed by atoms with Crippen molar-refractivity contribution in [3.63, 3.8) is 0 Å². The number of aromatic nitrogens is 4. The van der Waals surface area contributed by atoms with E-state index in [1.54, 1.807) is 37.2 Å². The summed E-state index contributed by atoms with van der Waals surface area (Å²) in [7, 11) is -2.59. The number of anilines is 1. The lowest BCUT2D eigenvalue weighted by molar-refractivity contribution is -0.0911. The van der Waals surface area contributed by atoms with Crippen LogP contribution >= 0.6 is 8.53 Å². The molecule has 1 aliphatic rings. The van der Waals surface area contributed by atoms with Gasteiger partial charge < -0.3 is 32.4 Å². The van der Waals surface area contributed by atoms with Crippen LogP contribution in [-0.2, 0) is 46.0 Å². The van der Waals surface area contributed by atoms with E-state index in [4.69, 9.17) is 37.4 Å². The fourth-order valence-corrected chi connectivity index (χ4v) is 17.8. The molecule has 0 bridgehead atoms. The summed E-state index contributed by atoms with van der Waals surface area (Å²) in [4.78, 5) is 40.8. The zero-order chi connectivity index (χ0) is 58.9. The summed E-state index contributed by atoms with van der Waals surface area (Å²) in [5.41, 5.74) is 2.03. The van der Waals surface area contributed by atoms with Crippen molar-refractivity contribution in [2.45, 2.75) is 103 Å². The van der Waals surface area contributed by atoms with E-state index in [1.165, 1.54) is 6.33 Å². The summed E-state index contributed by atoms with van der Waals surface area (Å²) >= 11 is 0. The van der Waals surface area contributed by atoms with Crippen LogP contribution in [-0.4, -0.2) is 106 Å². The number of ether oxygens (including phenoxy) is 4. The van der Waals surface area contributed by atoms with E-state index in [9.17, 15) is 13.8 Å². The van der Waals surface area contributed by atoms with Crippen LogP contribution in [0.2, 0.25) is 5.04 Å². The average Bonchev–Trinajstić information content (AvgIpc) is 4.28. The Balaban J connectivity index is 1.06. The van der Waals surface area contributed by atoms with Crippen molar-refractivity contribution in [1.82, 2.24) is 24.2 Å². The Hall–Kier alpha value is -6.70. The Morgan fingerprint density at radius 2 is 1.34 bits per heavy atom. The van der Waals surface area contributed by atoms with Crippen LogP contribution < -0.4 is 30.7 Å². The van der Waals surface area contributed by atoms with Gasteiger partial charge >= 0.3 is 0 Å². The number of aromatic amines is 1. The topological polar surface area (TPSA) is 178 Å². The molecular weight excluding hydrogens is 1100 g/mol. The third kappa shape index (κ3) is 13.3. The van der Waals surface area contributed by atoms with E-state index >= 15 is 0 Å². The average molecular weight is 1180 g/mol. The maximum Gasteiger partial charge on any atom is 0.280 e. The minimum Gasteiger partial charge on any atom is -0.497 e. The Morgan fingerprint density at radius 3 is 1.88 bits per heavy atom. The number of carbonyl (C=O) groups is 1. The lowest BCUT2D eigenvalue weighted by atomic mass is 9.80. The molecule has 436 valence electrons. The van der Waals surface area contributed by atoms with Gasteiger partial charge in [0.05, 0.1) is 46.5 Å². The quantitative estimate of drug-likeness (QED) is 0.0314. The molecule has 1 saturated heterocycles. The summed E-state index contributed by atoms with van der Waals surface area (Å²) in [5.74, 6) is 1.13. The summed E-state index contributed by atoms with van der Waals surface area (Å²) in [6, 6.07) is 53.7. The van der Waals surface area contributed by atoms with Crippen LogP contribution in [0.15, 0.2) is 175 Å². The molecule has 1 aliphatic heterocycles. The van der Waals surface area contributed by atoms with E-state index in [1.807, 2.05) is 127 Å². The van der Waals surface area contributed by atoms with Gasteiger partial charge in [0.2, 0.25) is 5.95 Å². The highest BCUT2D eigenvalue weighted by atomic mass is 32.2. The summed E-state index contributed by atoms with van der Waals surface area (Å²) in [6.07, 6.45) is 1.21. The first kappa shape index (κ1) is 60.9. The number of amides is 1. The molecule has 2 N–H and O–H groups in total. The van der Waals surface area contributed by atoms with Crippen molar-refractivity contribution in [3.8, 4) is 11.5 Å². The molecule has 8 aromatic rings. The van der Waals surface area contributed by atoms with Crippen molar-refractivity contribution < 1.29 is 41.4 Å². The highest BCUT2D eigenvalue weighted by Crippen LogP contribution is 2.51. The summed E-state index contributed by atoms with van der Waals surface area (Å²) in [6.45, 7) is 15.3. The van der Waals surface area contributed by atoms with Crippen molar-refractivity contribution in [2.75, 3.05) is 44.8 Å². The lowest BCUT2D eigenvalue weighted by Gasteiger charge is -2.43. The first-order chi connectivity index (χ1) is 40.0. The fraction of sp³-hybridized carbons (Fsp3) is 0.344. The molecule has 2 unspecified atom stereocenters. The van der Waals surface area contributed by atoms with Gasteiger partial charge in [0.1, 0.15) is 29.4 Å². The molecule has 1 amide bonds. The first-order valence-electron chi connectivity index (χ1n) is 27.9. The van der Waals surface area contributed by atoms with Gasteiger partial charge in [-0.05, 0) is 95.7 Å². The number of hydrogen-bond acceptors (Lipinski definition) is 13. The van der Waals surface area contributed by atoms with E-state index in [2.05, 4.69) is 92.7 Å². The molecule has 0 aliphatic carbocycles. The smallest absolute Gasteiger partial charge is 0.280 e. The number of rotatable bonds is 25. The second-order valence-electron chi connectivity index (χ2n) is 22.0. The third-order valence-corrected chi connectivity index (χ3v) is 22.8. The fourth-order valence-electron chi connectivity index (χ4n) is 11.1. The number of carbonyl (C=O) groups excluding carboxylic acids is 1. The minimum atomic E-state index is -2.99. The third-order valence-electron chi connectivity index (χ3n) is 15.0. The first-order valence-corrected chi connectivity index (χ1v) is 32.7. The maximum atomic E-state index is 14.6. The monoisotopic (exact) mass is 1180 g/mol. The van der Waals surface area contributed by atoms with E-state index in [0.29, 0.717) is 28.4 Å². The molecule has 16 nitrogen and oxygen atoms in total. The summed E-state index contributed by atoms with van der Waals surface area (Å²) in [5, 5.41) is 4.83. The Labute approximate surface area is 491 Å². The second-order valence-corrected chi connectivity index (χ2v) is 29.3. The number of nitrogens with zero attached hydrogens (tertiary/aromatic N) is 4. The van der Waals surface area contributed by atoms with Gasteiger partial charge in [0.15, 0.2) is 11.2 Å². The van der Waals surface area contributed by atoms with Crippen molar-refractivity contribution in [1.29, 1.82) is 0 Å². The lowest BCUT2D eigenvalue weighted by Crippen LogP contribution is -2.66. The van der Waals surface area contributed by atoms with Crippen LogP contribution in [0.25, 0.3) is 11.2 Å². The Kier molecular flexibility index (Phi) is 19.7. The van der Waals surface area contributed by atoms with E-state index in [-0.39, 0.29) is 60.5 Å². The molecule has 0 spiro atoms. The number of hydrogen-bond donors (Lipinski definition) is 2. The van der Waals surface area contributed by atoms with Gasteiger partial charge in [0.25, 0.3) is 28.3 Å². The Bertz CT molecular complexity index is 3400. The molecule has 0 radical (unpaired) electrons. The van der Waals surface area contributed by atoms with Crippen LogP contribution in [0.1, 0.15) is 93.7 Å². The standard InChI is InChI=1S/C64H75N6O10PSSi/c1-44(2)70(45(3)4)81(77-38-39-82(10)73)80-55-40-57(79-56(55)42-76-64(47-23-14-11-15-24-47,48-30-34-50(74-8)35-31-48)49-32-36-51(75-9)37-33-49)69-43-65-58-59(69)66-62(68-61(58)72)67-60(71)54-29-21-20-22-46(54)41-78-83(63(5,6)7,52-25-16-12-17-26-52)53-27-18-13-19-28-53/h11-37,43-45,55-57H,38-42H2,1-10H3,(H2,66,67,68,71,72)/t55-,56+,57+,81?,82?/m0/s1. The zero-order valence-corrected chi connectivity index (χ0v) is 51.5. The normalized spacial score (nSPS) is 16.6. The molecule has 2 aromatic heterocycles. The van der Waals surface area contributed by atoms with Crippen molar-refractivity contribution in [3.05, 3.63) is 208 Å². The van der Waals surface area contributed by atoms with E-state index < -0.39 is 63.1 Å². The van der Waals surface area contributed by atoms with Gasteiger partial charge in [-0.1, -0.05) is 154 Å². The highest BCUT2D eigenvalue weighted by Gasteiger charge is 2.50. The molecule has 1 fully saturated rings. The van der Waals surface area contributed by atoms with Crippen LogP contribution in [0.3, 0.4) is 0 Å². The number of fused-ring (bicyclic) bond motifs is 1. The van der Waals surface area contributed by atoms with Gasteiger partial charge in [0, 0.05) is 46.9 Å². The summed E-state index contributed by atoms with van der Waals surface area (Å²) < 4.78 is 63.1. The van der Waals surface area contributed by atoms with Gasteiger partial charge in [-0.15, -0.1) is 0 Å². The van der Waals surface area contributed by atoms with Gasteiger partial charge in [-0.3, -0.25) is 28.7 Å². The Morgan fingerprint density at radius 1 is 0.795 bits per heavy atom. The number of nitrogens with one attached hydrogen (secondary N) is 2. The minimum absolute atomic E-state index is 0.000752. The molecule has 19 heteroatoms. The van der Waals surface area contributed by atoms with Crippen molar-refractivity contribution >= 4 is 61.0 Å². The predicted octanol–water partition coefficient (Wildman–Crippen LogP) is 10.9. The van der Waals surface area contributed by atoms with Crippen molar-refractivity contribution in [2.24, 2.45) is 0 Å². The largest absolute Gasteiger partial charge is 0.497 e. The molecule has 5 atom stereocenters. The second kappa shape index (κ2) is 26.9. The number of imidazole rings is 1. The van der Waals surface area contributed by atoms with E-state index in [0.717, 1.165) is 27.1 Å². The molecule has 83 heavy (non-hydrogen) atoms. The van der Waals surface area contributed by atoms with Gasteiger partial charge in [-0.2, -0.15) is 4.98 Å². The highest BCUT2D eigenvalue weighted by molar-refractivity contribution is 7.84. The molecular formula is C64H75N6O10PSSi.